The van der Waals surface area contributed by atoms with Crippen molar-refractivity contribution in [3.63, 3.8) is 0 Å². The summed E-state index contributed by atoms with van der Waals surface area (Å²) in [6.07, 6.45) is 7.12. The van der Waals surface area contributed by atoms with Crippen molar-refractivity contribution in [2.75, 3.05) is 0 Å². The fourth-order valence-electron chi connectivity index (χ4n) is 1.87. The van der Waals surface area contributed by atoms with Crippen molar-refractivity contribution in [2.24, 2.45) is 0 Å². The van der Waals surface area contributed by atoms with Crippen LogP contribution in [0.15, 0.2) is 47.7 Å². The van der Waals surface area contributed by atoms with Crippen LogP contribution in [-0.4, -0.2) is 25.8 Å². The quantitative estimate of drug-likeness (QED) is 0.787. The molecule has 7 nitrogen and oxygen atoms in total. The topological polar surface area (TPSA) is 105 Å². The summed E-state index contributed by atoms with van der Waals surface area (Å²) in [7, 11) is 0. The summed E-state index contributed by atoms with van der Waals surface area (Å²) < 4.78 is 6.30. The Balaban J connectivity index is 2.05. The number of rotatable bonds is 3. The molecule has 0 aliphatic heterocycles. The number of hydrogen-bond donors (Lipinski definition) is 1. The molecule has 0 spiro atoms. The van der Waals surface area contributed by atoms with Gasteiger partial charge in [0.25, 0.3) is 0 Å². The van der Waals surface area contributed by atoms with Gasteiger partial charge in [-0.1, -0.05) is 0 Å². The van der Waals surface area contributed by atoms with Gasteiger partial charge in [-0.3, -0.25) is 0 Å². The molecule has 0 aliphatic rings. The number of carboxylic acid groups (broad SMARTS) is 1. The number of carboxylic acids is 1. The van der Waals surface area contributed by atoms with Gasteiger partial charge in [0.15, 0.2) is 5.82 Å². The van der Waals surface area contributed by atoms with Crippen LogP contribution in [0.2, 0.25) is 0 Å². The van der Waals surface area contributed by atoms with Crippen molar-refractivity contribution in [1.29, 1.82) is 5.26 Å². The minimum atomic E-state index is -1.07. The first-order chi connectivity index (χ1) is 10.2. The standard InChI is InChI=1S/C14H8N4O3/c15-4-10-3-13(18-7-11(5-17-18)14(19)20)16-6-12(10)9-1-2-21-8-9/h1-3,5-8H,(H,19,20). The number of carbonyl (C=O) groups is 1. The van der Waals surface area contributed by atoms with Gasteiger partial charge < -0.3 is 9.52 Å². The van der Waals surface area contributed by atoms with Crippen LogP contribution in [0, 0.1) is 11.3 Å². The molecule has 3 rings (SSSR count). The van der Waals surface area contributed by atoms with Crippen LogP contribution >= 0.6 is 0 Å². The number of hydrogen-bond acceptors (Lipinski definition) is 5. The van der Waals surface area contributed by atoms with Crippen molar-refractivity contribution < 1.29 is 14.3 Å². The lowest BCUT2D eigenvalue weighted by Crippen LogP contribution is -2.00. The van der Waals surface area contributed by atoms with E-state index in [0.29, 0.717) is 16.9 Å². The summed E-state index contributed by atoms with van der Waals surface area (Å²) in [5.74, 6) is -0.705. The van der Waals surface area contributed by atoms with Crippen LogP contribution < -0.4 is 0 Å². The number of aromatic nitrogens is 3. The van der Waals surface area contributed by atoms with Crippen molar-refractivity contribution in [3.05, 3.63) is 54.4 Å². The highest BCUT2D eigenvalue weighted by Crippen LogP contribution is 2.24. The van der Waals surface area contributed by atoms with Crippen molar-refractivity contribution in [2.45, 2.75) is 0 Å². The largest absolute Gasteiger partial charge is 0.478 e. The van der Waals surface area contributed by atoms with Crippen LogP contribution in [0.25, 0.3) is 16.9 Å². The number of aromatic carboxylic acids is 1. The third-order valence-electron chi connectivity index (χ3n) is 2.91. The molecule has 0 atom stereocenters. The molecule has 3 aromatic heterocycles. The molecule has 1 N–H and O–H groups in total. The molecule has 0 saturated heterocycles. The molecule has 0 radical (unpaired) electrons. The Morgan fingerprint density at radius 3 is 2.90 bits per heavy atom. The molecule has 0 saturated carbocycles. The Labute approximate surface area is 118 Å². The van der Waals surface area contributed by atoms with Crippen molar-refractivity contribution in [1.82, 2.24) is 14.8 Å². The summed E-state index contributed by atoms with van der Waals surface area (Å²) in [6, 6.07) is 5.36. The summed E-state index contributed by atoms with van der Waals surface area (Å²) in [5, 5.41) is 22.0. The summed E-state index contributed by atoms with van der Waals surface area (Å²) in [4.78, 5) is 15.0. The van der Waals surface area contributed by atoms with E-state index >= 15 is 0 Å². The zero-order valence-corrected chi connectivity index (χ0v) is 10.6. The molecule has 3 aromatic rings. The van der Waals surface area contributed by atoms with Gasteiger partial charge in [0.05, 0.1) is 35.9 Å². The van der Waals surface area contributed by atoms with E-state index in [-0.39, 0.29) is 5.56 Å². The number of nitriles is 1. The Bertz CT molecular complexity index is 843. The molecule has 21 heavy (non-hydrogen) atoms. The fraction of sp³-hybridized carbons (Fsp3) is 0. The van der Waals surface area contributed by atoms with Crippen molar-refractivity contribution >= 4 is 5.97 Å². The van der Waals surface area contributed by atoms with Gasteiger partial charge in [0, 0.05) is 29.6 Å². The second-order valence-corrected chi connectivity index (χ2v) is 4.19. The highest BCUT2D eigenvalue weighted by molar-refractivity contribution is 5.87. The predicted molar refractivity (Wildman–Crippen MR) is 70.7 cm³/mol. The predicted octanol–water partition coefficient (Wildman–Crippen LogP) is 2.10. The van der Waals surface area contributed by atoms with Gasteiger partial charge in [-0.25, -0.2) is 14.5 Å². The van der Waals surface area contributed by atoms with Gasteiger partial charge >= 0.3 is 5.97 Å². The molecule has 102 valence electrons. The smallest absolute Gasteiger partial charge is 0.338 e. The molecule has 7 heteroatoms. The molecule has 0 aliphatic carbocycles. The Kier molecular flexibility index (Phi) is 2.97. The van der Waals surface area contributed by atoms with Gasteiger partial charge in [-0.15, -0.1) is 0 Å². The van der Waals surface area contributed by atoms with Gasteiger partial charge in [0.2, 0.25) is 0 Å². The highest BCUT2D eigenvalue weighted by Gasteiger charge is 2.12. The lowest BCUT2D eigenvalue weighted by Gasteiger charge is -2.04. The fourth-order valence-corrected chi connectivity index (χ4v) is 1.87. The second kappa shape index (κ2) is 4.94. The average molecular weight is 280 g/mol. The van der Waals surface area contributed by atoms with E-state index in [2.05, 4.69) is 16.2 Å². The Hall–Kier alpha value is -3.40. The van der Waals surface area contributed by atoms with Crippen LogP contribution in [0.1, 0.15) is 15.9 Å². The first kappa shape index (κ1) is 12.6. The average Bonchev–Trinajstić information content (AvgIpc) is 3.18. The lowest BCUT2D eigenvalue weighted by molar-refractivity contribution is 0.0697. The minimum Gasteiger partial charge on any atom is -0.478 e. The zero-order chi connectivity index (χ0) is 14.8. The minimum absolute atomic E-state index is 0.0502. The van der Waals surface area contributed by atoms with Crippen LogP contribution in [0.4, 0.5) is 0 Å². The zero-order valence-electron chi connectivity index (χ0n) is 10.6. The van der Waals surface area contributed by atoms with Crippen molar-refractivity contribution in [3.8, 4) is 23.0 Å². The molecule has 0 fully saturated rings. The van der Waals surface area contributed by atoms with Crippen LogP contribution in [0.3, 0.4) is 0 Å². The Morgan fingerprint density at radius 1 is 1.43 bits per heavy atom. The summed E-state index contributed by atoms with van der Waals surface area (Å²) >= 11 is 0. The van der Waals surface area contributed by atoms with E-state index in [1.165, 1.54) is 35.8 Å². The van der Waals surface area contributed by atoms with Gasteiger partial charge in [-0.2, -0.15) is 10.4 Å². The maximum absolute atomic E-state index is 10.8. The first-order valence-electron chi connectivity index (χ1n) is 5.90. The normalized spacial score (nSPS) is 10.2. The van der Waals surface area contributed by atoms with E-state index in [1.54, 1.807) is 12.1 Å². The van der Waals surface area contributed by atoms with E-state index in [4.69, 9.17) is 9.52 Å². The first-order valence-corrected chi connectivity index (χ1v) is 5.90. The van der Waals surface area contributed by atoms with E-state index in [1.807, 2.05) is 0 Å². The third kappa shape index (κ3) is 2.26. The molecular formula is C14H8N4O3. The number of nitrogens with zero attached hydrogens (tertiary/aromatic N) is 4. The van der Waals surface area contributed by atoms with E-state index in [9.17, 15) is 10.1 Å². The number of furan rings is 1. The van der Waals surface area contributed by atoms with E-state index < -0.39 is 5.97 Å². The lowest BCUT2D eigenvalue weighted by atomic mass is 10.1. The highest BCUT2D eigenvalue weighted by atomic mass is 16.4. The SMILES string of the molecule is N#Cc1cc(-n2cc(C(=O)O)cn2)ncc1-c1ccoc1. The molecular weight excluding hydrogens is 272 g/mol. The molecule has 0 bridgehead atoms. The maximum Gasteiger partial charge on any atom is 0.338 e. The monoisotopic (exact) mass is 280 g/mol. The molecule has 3 heterocycles. The molecule has 0 amide bonds. The summed E-state index contributed by atoms with van der Waals surface area (Å²) in [6.45, 7) is 0. The van der Waals surface area contributed by atoms with E-state index in [0.717, 1.165) is 5.56 Å². The maximum atomic E-state index is 10.8. The Morgan fingerprint density at radius 2 is 2.29 bits per heavy atom. The number of pyridine rings is 1. The van der Waals surface area contributed by atoms with Crippen LogP contribution in [-0.2, 0) is 0 Å². The molecule has 0 unspecified atom stereocenters. The molecule has 0 aromatic carbocycles. The van der Waals surface area contributed by atoms with Gasteiger partial charge in [0.1, 0.15) is 0 Å². The van der Waals surface area contributed by atoms with Crippen LogP contribution in [0.5, 0.6) is 0 Å². The third-order valence-corrected chi connectivity index (χ3v) is 2.91. The van der Waals surface area contributed by atoms with Gasteiger partial charge in [-0.05, 0) is 6.07 Å². The summed E-state index contributed by atoms with van der Waals surface area (Å²) in [5.41, 5.74) is 1.83. The second-order valence-electron chi connectivity index (χ2n) is 4.19.